The molecule has 0 amide bonds. The van der Waals surface area contributed by atoms with Gasteiger partial charge >= 0.3 is 0 Å². The van der Waals surface area contributed by atoms with Crippen molar-refractivity contribution in [2.45, 2.75) is 24.7 Å². The fourth-order valence-electron chi connectivity index (χ4n) is 2.56. The highest BCUT2D eigenvalue weighted by Gasteiger charge is 2.14. The molecule has 2 aromatic rings. The summed E-state index contributed by atoms with van der Waals surface area (Å²) >= 11 is 0. The maximum atomic E-state index is 12.3. The van der Waals surface area contributed by atoms with Crippen LogP contribution in [0.5, 0.6) is 11.5 Å². The van der Waals surface area contributed by atoms with Crippen LogP contribution in [0.2, 0.25) is 0 Å². The fourth-order valence-corrected chi connectivity index (χ4v) is 3.59. The zero-order valence-electron chi connectivity index (χ0n) is 13.6. The van der Waals surface area contributed by atoms with E-state index in [9.17, 15) is 8.42 Å². The van der Waals surface area contributed by atoms with Crippen molar-refractivity contribution in [3.63, 3.8) is 0 Å². The first kappa shape index (κ1) is 16.8. The molecule has 1 aliphatic heterocycles. The smallest absolute Gasteiger partial charge is 0.240 e. The lowest BCUT2D eigenvalue weighted by Crippen LogP contribution is -2.26. The number of sulfonamides is 1. The molecule has 1 heterocycles. The van der Waals surface area contributed by atoms with Crippen LogP contribution < -0.4 is 14.2 Å². The summed E-state index contributed by atoms with van der Waals surface area (Å²) < 4.78 is 38.3. The van der Waals surface area contributed by atoms with Crippen molar-refractivity contribution in [1.82, 2.24) is 4.72 Å². The van der Waals surface area contributed by atoms with Crippen molar-refractivity contribution >= 4 is 10.0 Å². The number of ether oxygens (including phenoxy) is 2. The predicted octanol–water partition coefficient (Wildman–Crippen LogP) is 2.54. The number of aryl methyl sites for hydroxylation is 1. The zero-order valence-corrected chi connectivity index (χ0v) is 14.4. The molecule has 1 aliphatic rings. The van der Waals surface area contributed by atoms with Crippen LogP contribution in [0.25, 0.3) is 0 Å². The molecule has 0 saturated heterocycles. The number of nitrogens with one attached hydrogen (secondary N) is 1. The van der Waals surface area contributed by atoms with E-state index >= 15 is 0 Å². The van der Waals surface area contributed by atoms with E-state index in [0.717, 1.165) is 29.0 Å². The highest BCUT2D eigenvalue weighted by molar-refractivity contribution is 7.89. The molecule has 0 radical (unpaired) electrons. The molecule has 24 heavy (non-hydrogen) atoms. The van der Waals surface area contributed by atoms with E-state index in [1.54, 1.807) is 12.1 Å². The molecule has 3 rings (SSSR count). The van der Waals surface area contributed by atoms with Gasteiger partial charge in [-0.1, -0.05) is 25.1 Å². The van der Waals surface area contributed by atoms with Gasteiger partial charge in [-0.25, -0.2) is 13.1 Å². The first-order valence-corrected chi connectivity index (χ1v) is 9.54. The molecule has 2 aromatic carbocycles. The highest BCUT2D eigenvalue weighted by Crippen LogP contribution is 2.30. The number of rotatable bonds is 6. The Kier molecular flexibility index (Phi) is 5.06. The van der Waals surface area contributed by atoms with Crippen LogP contribution in [0, 0.1) is 0 Å². The molecule has 0 bridgehead atoms. The minimum absolute atomic E-state index is 0.293. The summed E-state index contributed by atoms with van der Waals surface area (Å²) in [4.78, 5) is 0.293. The second kappa shape index (κ2) is 7.23. The van der Waals surface area contributed by atoms with E-state index in [-0.39, 0.29) is 0 Å². The SMILES string of the molecule is CCc1ccc(S(=O)(=O)NCCc2ccc3c(c2)OCCO3)cc1. The van der Waals surface area contributed by atoms with E-state index in [0.29, 0.717) is 31.1 Å². The van der Waals surface area contributed by atoms with Crippen molar-refractivity contribution in [3.8, 4) is 11.5 Å². The Labute approximate surface area is 142 Å². The topological polar surface area (TPSA) is 64.6 Å². The van der Waals surface area contributed by atoms with E-state index in [4.69, 9.17) is 9.47 Å². The molecule has 0 aromatic heterocycles. The average molecular weight is 347 g/mol. The highest BCUT2D eigenvalue weighted by atomic mass is 32.2. The predicted molar refractivity (Wildman–Crippen MR) is 92.1 cm³/mol. The van der Waals surface area contributed by atoms with Gasteiger partial charge in [0.25, 0.3) is 0 Å². The lowest BCUT2D eigenvalue weighted by molar-refractivity contribution is 0.171. The van der Waals surface area contributed by atoms with Crippen molar-refractivity contribution in [3.05, 3.63) is 53.6 Å². The molecule has 0 fully saturated rings. The summed E-state index contributed by atoms with van der Waals surface area (Å²) in [6, 6.07) is 12.7. The van der Waals surface area contributed by atoms with Crippen LogP contribution in [0.3, 0.4) is 0 Å². The maximum Gasteiger partial charge on any atom is 0.240 e. The van der Waals surface area contributed by atoms with Gasteiger partial charge in [0.15, 0.2) is 11.5 Å². The van der Waals surface area contributed by atoms with Crippen molar-refractivity contribution < 1.29 is 17.9 Å². The van der Waals surface area contributed by atoms with E-state index in [1.165, 1.54) is 0 Å². The van der Waals surface area contributed by atoms with Gasteiger partial charge in [0.05, 0.1) is 4.90 Å². The largest absolute Gasteiger partial charge is 0.486 e. The molecule has 6 heteroatoms. The minimum atomic E-state index is -3.48. The van der Waals surface area contributed by atoms with Gasteiger partial charge in [0, 0.05) is 6.54 Å². The molecular weight excluding hydrogens is 326 g/mol. The van der Waals surface area contributed by atoms with Crippen LogP contribution in [0.1, 0.15) is 18.1 Å². The lowest BCUT2D eigenvalue weighted by atomic mass is 10.1. The Bertz CT molecular complexity index is 800. The second-order valence-corrected chi connectivity index (χ2v) is 7.39. The number of hydrogen-bond acceptors (Lipinski definition) is 4. The Balaban J connectivity index is 1.60. The zero-order chi connectivity index (χ0) is 17.0. The summed E-state index contributed by atoms with van der Waals surface area (Å²) in [7, 11) is -3.48. The van der Waals surface area contributed by atoms with Crippen LogP contribution in [0.15, 0.2) is 47.4 Å². The standard InChI is InChI=1S/C18H21NO4S/c1-2-14-3-6-16(7-4-14)24(20,21)19-10-9-15-5-8-17-18(13-15)23-12-11-22-17/h3-8,13,19H,2,9-12H2,1H3. The van der Waals surface area contributed by atoms with Crippen LogP contribution in [0.4, 0.5) is 0 Å². The lowest BCUT2D eigenvalue weighted by Gasteiger charge is -2.18. The van der Waals surface area contributed by atoms with Gasteiger partial charge in [-0.3, -0.25) is 0 Å². The first-order chi connectivity index (χ1) is 11.6. The summed E-state index contributed by atoms with van der Waals surface area (Å²) in [6.07, 6.45) is 1.47. The van der Waals surface area contributed by atoms with Crippen molar-refractivity contribution in [2.75, 3.05) is 19.8 Å². The van der Waals surface area contributed by atoms with Gasteiger partial charge in [0.2, 0.25) is 10.0 Å². The minimum Gasteiger partial charge on any atom is -0.486 e. The normalized spacial score (nSPS) is 13.7. The van der Waals surface area contributed by atoms with Crippen LogP contribution >= 0.6 is 0 Å². The van der Waals surface area contributed by atoms with E-state index in [1.807, 2.05) is 37.3 Å². The second-order valence-electron chi connectivity index (χ2n) is 5.62. The number of benzene rings is 2. The van der Waals surface area contributed by atoms with Gasteiger partial charge in [0.1, 0.15) is 13.2 Å². The van der Waals surface area contributed by atoms with E-state index < -0.39 is 10.0 Å². The van der Waals surface area contributed by atoms with Gasteiger partial charge in [-0.2, -0.15) is 0 Å². The summed E-state index contributed by atoms with van der Waals surface area (Å²) in [5.41, 5.74) is 2.12. The van der Waals surface area contributed by atoms with Gasteiger partial charge in [-0.15, -0.1) is 0 Å². The Morgan fingerprint density at radius 1 is 0.958 bits per heavy atom. The first-order valence-electron chi connectivity index (χ1n) is 8.05. The third kappa shape index (κ3) is 3.88. The summed E-state index contributed by atoms with van der Waals surface area (Å²) in [5, 5.41) is 0. The third-order valence-electron chi connectivity index (χ3n) is 3.95. The number of hydrogen-bond donors (Lipinski definition) is 1. The van der Waals surface area contributed by atoms with Gasteiger partial charge < -0.3 is 9.47 Å². The fraction of sp³-hybridized carbons (Fsp3) is 0.333. The molecule has 0 aliphatic carbocycles. The Morgan fingerprint density at radius 3 is 2.33 bits per heavy atom. The molecule has 0 atom stereocenters. The quantitative estimate of drug-likeness (QED) is 0.872. The van der Waals surface area contributed by atoms with Crippen molar-refractivity contribution in [2.24, 2.45) is 0 Å². The van der Waals surface area contributed by atoms with Crippen LogP contribution in [-0.4, -0.2) is 28.2 Å². The molecule has 128 valence electrons. The van der Waals surface area contributed by atoms with Crippen molar-refractivity contribution in [1.29, 1.82) is 0 Å². The monoisotopic (exact) mass is 347 g/mol. The Hall–Kier alpha value is -2.05. The molecular formula is C18H21NO4S. The molecule has 0 unspecified atom stereocenters. The Morgan fingerprint density at radius 2 is 1.62 bits per heavy atom. The maximum absolute atomic E-state index is 12.3. The number of fused-ring (bicyclic) bond motifs is 1. The summed E-state index contributed by atoms with van der Waals surface area (Å²) in [6.45, 7) is 3.46. The molecule has 5 nitrogen and oxygen atoms in total. The molecule has 0 spiro atoms. The van der Waals surface area contributed by atoms with Gasteiger partial charge in [-0.05, 0) is 48.2 Å². The molecule has 1 N–H and O–H groups in total. The molecule has 0 saturated carbocycles. The summed E-state index contributed by atoms with van der Waals surface area (Å²) in [5.74, 6) is 1.46. The third-order valence-corrected chi connectivity index (χ3v) is 5.43. The van der Waals surface area contributed by atoms with E-state index in [2.05, 4.69) is 4.72 Å². The average Bonchev–Trinajstić information content (AvgIpc) is 2.61. The van der Waals surface area contributed by atoms with Crippen LogP contribution in [-0.2, 0) is 22.9 Å².